The number of aromatic nitrogens is 5. The molecule has 1 saturated heterocycles. The van der Waals surface area contributed by atoms with Gasteiger partial charge in [-0.2, -0.15) is 0 Å². The zero-order valence-electron chi connectivity index (χ0n) is 17.2. The number of hydrogen-bond acceptors (Lipinski definition) is 7. The molecule has 1 saturated carbocycles. The predicted octanol–water partition coefficient (Wildman–Crippen LogP) is 2.48. The summed E-state index contributed by atoms with van der Waals surface area (Å²) in [6.07, 6.45) is 8.45. The molecule has 0 bridgehead atoms. The molecule has 3 aromatic rings. The molecule has 0 unspecified atom stereocenters. The highest BCUT2D eigenvalue weighted by Gasteiger charge is 2.30. The average molecular weight is 426 g/mol. The fraction of sp³-hybridized carbons (Fsp3) is 0.476. The van der Waals surface area contributed by atoms with Crippen molar-refractivity contribution in [3.8, 4) is 0 Å². The zero-order chi connectivity index (χ0) is 21.5. The van der Waals surface area contributed by atoms with Crippen molar-refractivity contribution in [1.82, 2.24) is 24.5 Å². The molecule has 9 nitrogen and oxygen atoms in total. The molecule has 0 atom stereocenters. The summed E-state index contributed by atoms with van der Waals surface area (Å²) in [6.45, 7) is 3.08. The summed E-state index contributed by atoms with van der Waals surface area (Å²) in [5.41, 5.74) is -0.215. The number of ether oxygens (including phenoxy) is 1. The molecule has 4 heterocycles. The van der Waals surface area contributed by atoms with Gasteiger partial charge >= 0.3 is 5.97 Å². The van der Waals surface area contributed by atoms with Gasteiger partial charge in [0.1, 0.15) is 11.2 Å². The van der Waals surface area contributed by atoms with Crippen molar-refractivity contribution in [2.24, 2.45) is 0 Å². The van der Waals surface area contributed by atoms with Gasteiger partial charge in [0.15, 0.2) is 11.6 Å². The Morgan fingerprint density at radius 3 is 2.65 bits per heavy atom. The van der Waals surface area contributed by atoms with Crippen LogP contribution < -0.4 is 10.3 Å². The maximum absolute atomic E-state index is 15.1. The van der Waals surface area contributed by atoms with E-state index in [-0.39, 0.29) is 35.5 Å². The first kappa shape index (κ1) is 19.7. The van der Waals surface area contributed by atoms with Crippen LogP contribution in [0.1, 0.15) is 55.0 Å². The van der Waals surface area contributed by atoms with Gasteiger partial charge in [-0.05, 0) is 38.7 Å². The van der Waals surface area contributed by atoms with Crippen molar-refractivity contribution in [1.29, 1.82) is 0 Å². The highest BCUT2D eigenvalue weighted by Crippen LogP contribution is 2.37. The number of halogens is 1. The van der Waals surface area contributed by atoms with Crippen LogP contribution in [0.15, 0.2) is 29.5 Å². The molecule has 10 heteroatoms. The highest BCUT2D eigenvalue weighted by atomic mass is 19.1. The van der Waals surface area contributed by atoms with E-state index in [1.165, 1.54) is 12.3 Å². The van der Waals surface area contributed by atoms with Crippen LogP contribution in [0, 0.1) is 5.82 Å². The van der Waals surface area contributed by atoms with Gasteiger partial charge in [0.2, 0.25) is 5.43 Å². The topological polar surface area (TPSA) is 95.1 Å². The van der Waals surface area contributed by atoms with E-state index >= 15 is 4.39 Å². The van der Waals surface area contributed by atoms with E-state index in [0.717, 1.165) is 25.7 Å². The SMILES string of the molecule is CCOC(=O)c1cn(C2CC2)c2nc(N3CCC(n4ccnn4)CC3)c(F)cc2c1=O. The molecule has 0 amide bonds. The van der Waals surface area contributed by atoms with E-state index in [1.54, 1.807) is 13.1 Å². The Morgan fingerprint density at radius 1 is 1.23 bits per heavy atom. The summed E-state index contributed by atoms with van der Waals surface area (Å²) in [4.78, 5) is 31.7. The average Bonchev–Trinajstić information content (AvgIpc) is 3.47. The fourth-order valence-corrected chi connectivity index (χ4v) is 4.20. The number of carbonyl (C=O) groups is 1. The number of fused-ring (bicyclic) bond motifs is 1. The van der Waals surface area contributed by atoms with Gasteiger partial charge in [0.05, 0.1) is 24.2 Å². The Bertz CT molecular complexity index is 1180. The van der Waals surface area contributed by atoms with Crippen LogP contribution in [0.25, 0.3) is 11.0 Å². The van der Waals surface area contributed by atoms with Gasteiger partial charge in [-0.1, -0.05) is 5.21 Å². The predicted molar refractivity (Wildman–Crippen MR) is 111 cm³/mol. The largest absolute Gasteiger partial charge is 0.462 e. The molecule has 0 aromatic carbocycles. The molecule has 0 spiro atoms. The lowest BCUT2D eigenvalue weighted by Gasteiger charge is -2.33. The number of piperidine rings is 1. The fourth-order valence-electron chi connectivity index (χ4n) is 4.20. The molecule has 31 heavy (non-hydrogen) atoms. The minimum atomic E-state index is -0.691. The van der Waals surface area contributed by atoms with Crippen molar-refractivity contribution in [3.63, 3.8) is 0 Å². The molecular weight excluding hydrogens is 403 g/mol. The number of hydrogen-bond donors (Lipinski definition) is 0. The van der Waals surface area contributed by atoms with Crippen molar-refractivity contribution in [3.05, 3.63) is 46.3 Å². The quantitative estimate of drug-likeness (QED) is 0.579. The summed E-state index contributed by atoms with van der Waals surface area (Å²) in [5.74, 6) is -1.02. The van der Waals surface area contributed by atoms with E-state index in [2.05, 4.69) is 15.3 Å². The third kappa shape index (κ3) is 3.55. The summed E-state index contributed by atoms with van der Waals surface area (Å²) in [5, 5.41) is 8.03. The number of carbonyl (C=O) groups excluding carboxylic acids is 1. The van der Waals surface area contributed by atoms with Gasteiger partial charge in [-0.15, -0.1) is 5.10 Å². The number of pyridine rings is 2. The monoisotopic (exact) mass is 426 g/mol. The van der Waals surface area contributed by atoms with E-state index in [9.17, 15) is 9.59 Å². The van der Waals surface area contributed by atoms with Gasteiger partial charge in [-0.3, -0.25) is 4.79 Å². The lowest BCUT2D eigenvalue weighted by Crippen LogP contribution is -2.36. The van der Waals surface area contributed by atoms with Crippen LogP contribution in [0.3, 0.4) is 0 Å². The lowest BCUT2D eigenvalue weighted by molar-refractivity contribution is 0.0524. The molecular formula is C21H23FN6O3. The van der Waals surface area contributed by atoms with Crippen LogP contribution in [-0.2, 0) is 4.74 Å². The first-order valence-electron chi connectivity index (χ1n) is 10.6. The molecule has 0 radical (unpaired) electrons. The van der Waals surface area contributed by atoms with E-state index < -0.39 is 17.2 Å². The minimum Gasteiger partial charge on any atom is -0.462 e. The first-order valence-corrected chi connectivity index (χ1v) is 10.6. The summed E-state index contributed by atoms with van der Waals surface area (Å²) in [7, 11) is 0. The highest BCUT2D eigenvalue weighted by molar-refractivity contribution is 5.93. The maximum atomic E-state index is 15.1. The van der Waals surface area contributed by atoms with Crippen molar-refractivity contribution in [2.45, 2.75) is 44.7 Å². The Balaban J connectivity index is 1.52. The molecule has 162 valence electrons. The van der Waals surface area contributed by atoms with E-state index in [4.69, 9.17) is 4.74 Å². The molecule has 2 fully saturated rings. The molecule has 1 aliphatic carbocycles. The van der Waals surface area contributed by atoms with Crippen LogP contribution >= 0.6 is 0 Å². The normalized spacial score (nSPS) is 17.3. The second-order valence-corrected chi connectivity index (χ2v) is 8.00. The standard InChI is InChI=1S/C21H23FN6O3/c1-2-31-21(30)16-12-27(13-3-4-13)19-15(18(16)29)11-17(22)20(24-19)26-8-5-14(6-9-26)28-10-7-23-25-28/h7,10-14H,2-6,8-9H2,1H3. The van der Waals surface area contributed by atoms with Crippen LogP contribution in [0.5, 0.6) is 0 Å². The van der Waals surface area contributed by atoms with Crippen molar-refractivity contribution >= 4 is 22.8 Å². The first-order chi connectivity index (χ1) is 15.1. The van der Waals surface area contributed by atoms with Crippen LogP contribution in [0.4, 0.5) is 10.2 Å². The second kappa shape index (κ2) is 7.75. The van der Waals surface area contributed by atoms with E-state index in [0.29, 0.717) is 18.7 Å². The second-order valence-electron chi connectivity index (χ2n) is 8.00. The third-order valence-corrected chi connectivity index (χ3v) is 5.95. The third-order valence-electron chi connectivity index (χ3n) is 5.95. The maximum Gasteiger partial charge on any atom is 0.343 e. The summed E-state index contributed by atoms with van der Waals surface area (Å²) < 4.78 is 23.8. The van der Waals surface area contributed by atoms with Crippen molar-refractivity contribution < 1.29 is 13.9 Å². The zero-order valence-corrected chi connectivity index (χ0v) is 17.2. The molecule has 0 N–H and O–H groups in total. The lowest BCUT2D eigenvalue weighted by atomic mass is 10.1. The number of esters is 1. The number of nitrogens with zero attached hydrogens (tertiary/aromatic N) is 6. The van der Waals surface area contributed by atoms with Crippen molar-refractivity contribution in [2.75, 3.05) is 24.6 Å². The van der Waals surface area contributed by atoms with Gasteiger partial charge < -0.3 is 14.2 Å². The van der Waals surface area contributed by atoms with Crippen LogP contribution in [-0.4, -0.2) is 50.2 Å². The Morgan fingerprint density at radius 2 is 2.00 bits per heavy atom. The van der Waals surface area contributed by atoms with E-state index in [1.807, 2.05) is 20.3 Å². The molecule has 5 rings (SSSR count). The Kier molecular flexibility index (Phi) is 4.91. The Labute approximate surface area is 177 Å². The van der Waals surface area contributed by atoms with Gasteiger partial charge in [-0.25, -0.2) is 18.9 Å². The molecule has 1 aliphatic heterocycles. The Hall–Kier alpha value is -3.30. The molecule has 2 aliphatic rings. The number of anilines is 1. The summed E-state index contributed by atoms with van der Waals surface area (Å²) >= 11 is 0. The van der Waals surface area contributed by atoms with Gasteiger partial charge in [0, 0.05) is 31.5 Å². The smallest absolute Gasteiger partial charge is 0.343 e. The van der Waals surface area contributed by atoms with Crippen LogP contribution in [0.2, 0.25) is 0 Å². The number of rotatable bonds is 5. The minimum absolute atomic E-state index is 0.0798. The summed E-state index contributed by atoms with van der Waals surface area (Å²) in [6, 6.07) is 1.59. The molecule has 3 aromatic heterocycles. The van der Waals surface area contributed by atoms with Gasteiger partial charge in [0.25, 0.3) is 0 Å².